The third-order valence-corrected chi connectivity index (χ3v) is 1.41. The average Bonchev–Trinajstić information content (AvgIpc) is 2.05. The highest BCUT2D eigenvalue weighted by Crippen LogP contribution is 2.15. The molecule has 0 aromatic heterocycles. The number of rotatable bonds is 2. The van der Waals surface area contributed by atoms with Crippen molar-refractivity contribution >= 4 is 0 Å². The van der Waals surface area contributed by atoms with Crippen molar-refractivity contribution in [2.45, 2.75) is 6.61 Å². The van der Waals surface area contributed by atoms with E-state index < -0.39 is 12.4 Å². The lowest BCUT2D eigenvalue weighted by atomic mass is 10.2. The summed E-state index contributed by atoms with van der Waals surface area (Å²) in [6.07, 6.45) is 0. The highest BCUT2D eigenvalue weighted by atomic mass is 19.1. The number of hydrogen-bond donors (Lipinski definition) is 0. The Morgan fingerprint density at radius 1 is 1.55 bits per heavy atom. The minimum Gasteiger partial charge on any atom is -0.497 e. The molecule has 3 heteroatoms. The maximum absolute atomic E-state index is 12.7. The van der Waals surface area contributed by atoms with E-state index in [0.717, 1.165) is 0 Å². The fraction of sp³-hybridized carbons (Fsp3) is 0.250. The largest absolute Gasteiger partial charge is 0.497 e. The zero-order chi connectivity index (χ0) is 8.27. The van der Waals surface area contributed by atoms with Crippen LogP contribution < -0.4 is 4.74 Å². The minimum absolute atomic E-state index is 0.143. The van der Waals surface area contributed by atoms with Crippen LogP contribution in [0.1, 0.15) is 5.56 Å². The molecule has 0 atom stereocenters. The maximum atomic E-state index is 12.7. The summed E-state index contributed by atoms with van der Waals surface area (Å²) in [5.74, 6) is 0.0399. The van der Waals surface area contributed by atoms with Crippen LogP contribution in [0.2, 0.25) is 0 Å². The molecule has 0 aliphatic carbocycles. The molecule has 0 amide bonds. The monoisotopic (exact) mass is 155 g/mol. The molecule has 0 heterocycles. The molecule has 0 saturated heterocycles. The molecule has 1 radical (unpaired) electrons. The number of benzene rings is 1. The molecule has 0 saturated carbocycles. The number of methoxy groups -OCH3 is 1. The van der Waals surface area contributed by atoms with E-state index in [9.17, 15) is 9.50 Å². The summed E-state index contributed by atoms with van der Waals surface area (Å²) in [5, 5.41) is 10.3. The van der Waals surface area contributed by atoms with Gasteiger partial charge in [0, 0.05) is 5.56 Å². The van der Waals surface area contributed by atoms with Gasteiger partial charge in [-0.1, -0.05) is 0 Å². The van der Waals surface area contributed by atoms with Crippen LogP contribution >= 0.6 is 0 Å². The molecule has 0 bridgehead atoms. The fourth-order valence-corrected chi connectivity index (χ4v) is 0.789. The van der Waals surface area contributed by atoms with E-state index >= 15 is 0 Å². The third kappa shape index (κ3) is 1.68. The molecule has 0 spiro atoms. The standard InChI is InChI=1S/C8H8FO2/c1-11-7-2-3-8(9)6(4-7)5-10/h2-4H,5H2,1H3. The first-order valence-electron chi connectivity index (χ1n) is 3.18. The second kappa shape index (κ2) is 3.34. The van der Waals surface area contributed by atoms with Crippen LogP contribution in [0.4, 0.5) is 4.39 Å². The van der Waals surface area contributed by atoms with Crippen molar-refractivity contribution < 1.29 is 14.2 Å². The van der Waals surface area contributed by atoms with Crippen molar-refractivity contribution in [2.24, 2.45) is 0 Å². The van der Waals surface area contributed by atoms with Gasteiger partial charge in [-0.05, 0) is 18.2 Å². The third-order valence-electron chi connectivity index (χ3n) is 1.41. The molecule has 11 heavy (non-hydrogen) atoms. The van der Waals surface area contributed by atoms with Gasteiger partial charge < -0.3 is 4.74 Å². The van der Waals surface area contributed by atoms with Crippen LogP contribution in [-0.4, -0.2) is 7.11 Å². The molecule has 0 aliphatic heterocycles. The van der Waals surface area contributed by atoms with E-state index in [1.807, 2.05) is 0 Å². The van der Waals surface area contributed by atoms with Gasteiger partial charge in [0.1, 0.15) is 18.2 Å². The molecule has 1 rings (SSSR count). The Kier molecular flexibility index (Phi) is 2.44. The van der Waals surface area contributed by atoms with Crippen molar-refractivity contribution in [1.82, 2.24) is 0 Å². The van der Waals surface area contributed by atoms with Gasteiger partial charge in [0.25, 0.3) is 0 Å². The van der Waals surface area contributed by atoms with Crippen LogP contribution in [0.15, 0.2) is 18.2 Å². The van der Waals surface area contributed by atoms with Crippen molar-refractivity contribution in [3.05, 3.63) is 29.6 Å². The van der Waals surface area contributed by atoms with Crippen LogP contribution in [-0.2, 0) is 11.7 Å². The van der Waals surface area contributed by atoms with E-state index in [-0.39, 0.29) is 5.56 Å². The molecule has 2 nitrogen and oxygen atoms in total. The van der Waals surface area contributed by atoms with Gasteiger partial charge in [-0.15, -0.1) is 0 Å². The highest BCUT2D eigenvalue weighted by Gasteiger charge is 2.01. The van der Waals surface area contributed by atoms with Crippen LogP contribution in [0.5, 0.6) is 5.75 Å². The minimum atomic E-state index is -0.553. The molecular formula is C8H8FO2. The van der Waals surface area contributed by atoms with Crippen molar-refractivity contribution in [3.63, 3.8) is 0 Å². The van der Waals surface area contributed by atoms with Crippen molar-refractivity contribution in [3.8, 4) is 5.75 Å². The van der Waals surface area contributed by atoms with Gasteiger partial charge in [-0.25, -0.2) is 9.50 Å². The summed E-state index contributed by atoms with van der Waals surface area (Å²) in [5.41, 5.74) is 0.143. The normalized spacial score (nSPS) is 9.73. The molecule has 0 fully saturated rings. The lowest BCUT2D eigenvalue weighted by Gasteiger charge is -2.01. The van der Waals surface area contributed by atoms with E-state index in [4.69, 9.17) is 4.74 Å². The first-order valence-corrected chi connectivity index (χ1v) is 3.18. The average molecular weight is 155 g/mol. The summed E-state index contributed by atoms with van der Waals surface area (Å²) in [4.78, 5) is 0. The van der Waals surface area contributed by atoms with E-state index in [1.54, 1.807) is 0 Å². The van der Waals surface area contributed by atoms with Crippen LogP contribution in [0.3, 0.4) is 0 Å². The van der Waals surface area contributed by atoms with Crippen LogP contribution in [0.25, 0.3) is 0 Å². The second-order valence-electron chi connectivity index (χ2n) is 2.10. The van der Waals surface area contributed by atoms with Crippen LogP contribution in [0, 0.1) is 5.82 Å². The maximum Gasteiger partial charge on any atom is 0.129 e. The number of hydrogen-bond acceptors (Lipinski definition) is 1. The van der Waals surface area contributed by atoms with E-state index in [1.165, 1.54) is 25.3 Å². The summed E-state index contributed by atoms with van der Waals surface area (Å²) >= 11 is 0. The summed E-state index contributed by atoms with van der Waals surface area (Å²) in [6.45, 7) is -0.553. The molecule has 59 valence electrons. The van der Waals surface area contributed by atoms with E-state index in [2.05, 4.69) is 0 Å². The smallest absolute Gasteiger partial charge is 0.129 e. The Balaban J connectivity index is 3.02. The number of ether oxygens (including phenoxy) is 1. The van der Waals surface area contributed by atoms with E-state index in [0.29, 0.717) is 5.75 Å². The second-order valence-corrected chi connectivity index (χ2v) is 2.10. The Morgan fingerprint density at radius 3 is 2.82 bits per heavy atom. The predicted molar refractivity (Wildman–Crippen MR) is 37.3 cm³/mol. The Hall–Kier alpha value is -1.09. The summed E-state index contributed by atoms with van der Waals surface area (Å²) in [6, 6.07) is 4.11. The number of halogens is 1. The molecule has 0 N–H and O–H groups in total. The molecular weight excluding hydrogens is 147 g/mol. The lowest BCUT2D eigenvalue weighted by Crippen LogP contribution is -1.90. The molecule has 1 aromatic carbocycles. The zero-order valence-electron chi connectivity index (χ0n) is 6.13. The first kappa shape index (κ1) is 8.01. The molecule has 0 aliphatic rings. The fourth-order valence-electron chi connectivity index (χ4n) is 0.789. The van der Waals surface area contributed by atoms with Gasteiger partial charge in [0.05, 0.1) is 7.11 Å². The molecule has 0 unspecified atom stereocenters. The zero-order valence-corrected chi connectivity index (χ0v) is 6.13. The van der Waals surface area contributed by atoms with Gasteiger partial charge in [-0.2, -0.15) is 0 Å². The summed E-state index contributed by atoms with van der Waals surface area (Å²) in [7, 11) is 1.47. The van der Waals surface area contributed by atoms with Crippen molar-refractivity contribution in [2.75, 3.05) is 7.11 Å². The van der Waals surface area contributed by atoms with Gasteiger partial charge in [-0.3, -0.25) is 0 Å². The van der Waals surface area contributed by atoms with Gasteiger partial charge >= 0.3 is 0 Å². The van der Waals surface area contributed by atoms with Crippen molar-refractivity contribution in [1.29, 1.82) is 0 Å². The lowest BCUT2D eigenvalue weighted by molar-refractivity contribution is 0.173. The Bertz CT molecular complexity index is 248. The Labute approximate surface area is 64.2 Å². The predicted octanol–water partition coefficient (Wildman–Crippen LogP) is 1.76. The van der Waals surface area contributed by atoms with Gasteiger partial charge in [0.2, 0.25) is 0 Å². The summed E-state index contributed by atoms with van der Waals surface area (Å²) < 4.78 is 17.5. The Morgan fingerprint density at radius 2 is 2.27 bits per heavy atom. The quantitative estimate of drug-likeness (QED) is 0.639. The molecule has 1 aromatic rings. The topological polar surface area (TPSA) is 29.1 Å². The first-order chi connectivity index (χ1) is 5.27. The SMILES string of the molecule is COc1ccc(F)c(C[O])c1. The van der Waals surface area contributed by atoms with Gasteiger partial charge in [0.15, 0.2) is 0 Å². The highest BCUT2D eigenvalue weighted by molar-refractivity contribution is 5.29.